The molecule has 9 heteroatoms. The van der Waals surface area contributed by atoms with Gasteiger partial charge < -0.3 is 26.0 Å². The summed E-state index contributed by atoms with van der Waals surface area (Å²) in [4.78, 5) is 51.7. The molecule has 0 aromatic heterocycles. The van der Waals surface area contributed by atoms with Gasteiger partial charge in [0.05, 0.1) is 17.7 Å². The summed E-state index contributed by atoms with van der Waals surface area (Å²) in [6.07, 6.45) is 5.53. The second kappa shape index (κ2) is 13.8. The highest BCUT2D eigenvalue weighted by atomic mass is 16.5. The average molecular weight is 571 g/mol. The van der Waals surface area contributed by atoms with E-state index in [1.54, 1.807) is 75.4 Å². The summed E-state index contributed by atoms with van der Waals surface area (Å²) < 4.78 is 4.98. The van der Waals surface area contributed by atoms with E-state index in [0.717, 1.165) is 25.7 Å². The Balaban J connectivity index is 1.49. The number of nitrogens with one attached hydrogen (secondary N) is 4. The topological polar surface area (TPSA) is 126 Å². The first-order valence-electron chi connectivity index (χ1n) is 14.3. The molecule has 42 heavy (non-hydrogen) atoms. The molecule has 3 aromatic rings. The number of para-hydroxylation sites is 1. The van der Waals surface area contributed by atoms with E-state index in [9.17, 15) is 19.2 Å². The van der Waals surface area contributed by atoms with Gasteiger partial charge in [0.1, 0.15) is 5.54 Å². The lowest BCUT2D eigenvalue weighted by molar-refractivity contribution is -0.120. The Bertz CT molecular complexity index is 1410. The standard InChI is InChI=1S/C33H38N4O5/c1-4-42-31(40)22-15-18-26(19-16-22)36-32(41)33(2,3)37-29(38)23-17-20-28(34-24-11-7-5-8-12-24)27(21-23)30(39)35-25-13-9-6-10-14-25/h6,9-10,13-21,24,34H,4-5,7-8,11-12H2,1-3H3,(H,35,39)(H,36,41)(H,37,38). The molecule has 0 bridgehead atoms. The third-order valence-corrected chi connectivity index (χ3v) is 7.17. The number of carbonyl (C=O) groups excluding carboxylic acids is 4. The van der Waals surface area contributed by atoms with E-state index in [2.05, 4.69) is 21.3 Å². The molecule has 0 heterocycles. The number of rotatable bonds is 10. The average Bonchev–Trinajstić information content (AvgIpc) is 2.98. The van der Waals surface area contributed by atoms with Crippen molar-refractivity contribution in [3.8, 4) is 0 Å². The van der Waals surface area contributed by atoms with Gasteiger partial charge in [0.15, 0.2) is 0 Å². The lowest BCUT2D eigenvalue weighted by Crippen LogP contribution is -2.52. The summed E-state index contributed by atoms with van der Waals surface area (Å²) in [5.41, 5.74) is 1.46. The smallest absolute Gasteiger partial charge is 0.338 e. The molecular weight excluding hydrogens is 532 g/mol. The Morgan fingerprint density at radius 3 is 2.10 bits per heavy atom. The van der Waals surface area contributed by atoms with Crippen LogP contribution < -0.4 is 21.3 Å². The van der Waals surface area contributed by atoms with Crippen LogP contribution in [0.5, 0.6) is 0 Å². The fourth-order valence-electron chi connectivity index (χ4n) is 4.79. The van der Waals surface area contributed by atoms with Crippen molar-refractivity contribution >= 4 is 40.8 Å². The molecule has 0 unspecified atom stereocenters. The number of hydrogen-bond acceptors (Lipinski definition) is 6. The normalized spacial score (nSPS) is 13.5. The van der Waals surface area contributed by atoms with Gasteiger partial charge in [-0.1, -0.05) is 37.5 Å². The molecule has 1 saturated carbocycles. The van der Waals surface area contributed by atoms with Crippen LogP contribution in [0.4, 0.5) is 17.1 Å². The lowest BCUT2D eigenvalue weighted by atomic mass is 9.94. The molecule has 0 radical (unpaired) electrons. The zero-order chi connectivity index (χ0) is 30.1. The monoisotopic (exact) mass is 570 g/mol. The fourth-order valence-corrected chi connectivity index (χ4v) is 4.79. The van der Waals surface area contributed by atoms with Gasteiger partial charge >= 0.3 is 5.97 Å². The van der Waals surface area contributed by atoms with E-state index in [1.165, 1.54) is 6.42 Å². The lowest BCUT2D eigenvalue weighted by Gasteiger charge is -2.26. The number of carbonyl (C=O) groups is 4. The van der Waals surface area contributed by atoms with E-state index in [0.29, 0.717) is 28.2 Å². The maximum absolute atomic E-state index is 13.4. The highest BCUT2D eigenvalue weighted by Crippen LogP contribution is 2.26. The third-order valence-electron chi connectivity index (χ3n) is 7.17. The van der Waals surface area contributed by atoms with Crippen molar-refractivity contribution in [1.29, 1.82) is 0 Å². The second-order valence-corrected chi connectivity index (χ2v) is 10.9. The van der Waals surface area contributed by atoms with Crippen molar-refractivity contribution in [2.24, 2.45) is 0 Å². The molecule has 0 spiro atoms. The van der Waals surface area contributed by atoms with Crippen LogP contribution >= 0.6 is 0 Å². The van der Waals surface area contributed by atoms with Gasteiger partial charge in [0, 0.05) is 28.7 Å². The summed E-state index contributed by atoms with van der Waals surface area (Å²) >= 11 is 0. The third kappa shape index (κ3) is 7.96. The van der Waals surface area contributed by atoms with E-state index in [-0.39, 0.29) is 24.1 Å². The molecule has 0 aliphatic heterocycles. The fraction of sp³-hybridized carbons (Fsp3) is 0.333. The summed E-state index contributed by atoms with van der Waals surface area (Å²) in [6, 6.07) is 20.7. The van der Waals surface area contributed by atoms with E-state index in [4.69, 9.17) is 4.74 Å². The summed E-state index contributed by atoms with van der Waals surface area (Å²) in [5, 5.41) is 12.0. The number of benzene rings is 3. The van der Waals surface area contributed by atoms with Crippen LogP contribution in [0.15, 0.2) is 72.8 Å². The first-order chi connectivity index (χ1) is 20.2. The summed E-state index contributed by atoms with van der Waals surface area (Å²) in [5.74, 6) is -1.72. The van der Waals surface area contributed by atoms with Crippen molar-refractivity contribution in [2.75, 3.05) is 22.6 Å². The molecular formula is C33H38N4O5. The highest BCUT2D eigenvalue weighted by Gasteiger charge is 2.30. The minimum atomic E-state index is -1.29. The zero-order valence-electron chi connectivity index (χ0n) is 24.3. The van der Waals surface area contributed by atoms with Crippen LogP contribution in [0, 0.1) is 0 Å². The van der Waals surface area contributed by atoms with Gasteiger partial charge in [-0.15, -0.1) is 0 Å². The Morgan fingerprint density at radius 1 is 0.786 bits per heavy atom. The predicted octanol–water partition coefficient (Wildman–Crippen LogP) is 6.01. The minimum Gasteiger partial charge on any atom is -0.462 e. The van der Waals surface area contributed by atoms with Crippen molar-refractivity contribution in [1.82, 2.24) is 5.32 Å². The maximum Gasteiger partial charge on any atom is 0.338 e. The summed E-state index contributed by atoms with van der Waals surface area (Å²) in [6.45, 7) is 5.18. The molecule has 1 fully saturated rings. The van der Waals surface area contributed by atoms with Gasteiger partial charge in [-0.05, 0) is 88.2 Å². The second-order valence-electron chi connectivity index (χ2n) is 10.9. The van der Waals surface area contributed by atoms with E-state index in [1.807, 2.05) is 18.2 Å². The molecule has 1 aliphatic carbocycles. The number of esters is 1. The van der Waals surface area contributed by atoms with Gasteiger partial charge in [0.25, 0.3) is 11.8 Å². The van der Waals surface area contributed by atoms with Gasteiger partial charge in [0.2, 0.25) is 5.91 Å². The van der Waals surface area contributed by atoms with Crippen LogP contribution in [0.2, 0.25) is 0 Å². The molecule has 0 saturated heterocycles. The molecule has 4 N–H and O–H groups in total. The molecule has 3 aromatic carbocycles. The maximum atomic E-state index is 13.4. The number of amides is 3. The molecule has 3 amide bonds. The molecule has 220 valence electrons. The van der Waals surface area contributed by atoms with Crippen LogP contribution in [-0.4, -0.2) is 41.9 Å². The number of anilines is 3. The molecule has 9 nitrogen and oxygen atoms in total. The first kappa shape index (κ1) is 30.3. The van der Waals surface area contributed by atoms with Crippen LogP contribution in [0.3, 0.4) is 0 Å². The number of ether oxygens (including phenoxy) is 1. The Morgan fingerprint density at radius 2 is 1.43 bits per heavy atom. The highest BCUT2D eigenvalue weighted by molar-refractivity contribution is 6.10. The molecule has 4 rings (SSSR count). The number of hydrogen-bond donors (Lipinski definition) is 4. The Kier molecular flexibility index (Phi) is 9.96. The van der Waals surface area contributed by atoms with Crippen molar-refractivity contribution in [3.63, 3.8) is 0 Å². The van der Waals surface area contributed by atoms with Gasteiger partial charge in [-0.25, -0.2) is 4.79 Å². The minimum absolute atomic E-state index is 0.252. The summed E-state index contributed by atoms with van der Waals surface area (Å²) in [7, 11) is 0. The predicted molar refractivity (Wildman–Crippen MR) is 164 cm³/mol. The van der Waals surface area contributed by atoms with Crippen LogP contribution in [0.25, 0.3) is 0 Å². The molecule has 1 aliphatic rings. The van der Waals surface area contributed by atoms with Gasteiger partial charge in [-0.2, -0.15) is 0 Å². The van der Waals surface area contributed by atoms with Crippen LogP contribution in [0.1, 0.15) is 83.9 Å². The van der Waals surface area contributed by atoms with Crippen LogP contribution in [-0.2, 0) is 9.53 Å². The quantitative estimate of drug-likeness (QED) is 0.221. The Hall–Kier alpha value is -4.66. The first-order valence-corrected chi connectivity index (χ1v) is 14.3. The zero-order valence-corrected chi connectivity index (χ0v) is 24.3. The largest absolute Gasteiger partial charge is 0.462 e. The van der Waals surface area contributed by atoms with Crippen molar-refractivity contribution in [3.05, 3.63) is 89.5 Å². The SMILES string of the molecule is CCOC(=O)c1ccc(NC(=O)C(C)(C)NC(=O)c2ccc(NC3CCCCC3)c(C(=O)Nc3ccccc3)c2)cc1. The molecule has 0 atom stereocenters. The van der Waals surface area contributed by atoms with Crippen molar-refractivity contribution in [2.45, 2.75) is 64.5 Å². The van der Waals surface area contributed by atoms with Crippen molar-refractivity contribution < 1.29 is 23.9 Å². The van der Waals surface area contributed by atoms with E-state index < -0.39 is 23.3 Å². The van der Waals surface area contributed by atoms with E-state index >= 15 is 0 Å². The Labute approximate surface area is 246 Å². The van der Waals surface area contributed by atoms with Gasteiger partial charge in [-0.3, -0.25) is 14.4 Å².